The molecular weight excluding hydrogens is 292 g/mol. The van der Waals surface area contributed by atoms with Crippen LogP contribution in [0, 0.1) is 5.41 Å². The number of Topliss-reactive ketones (excluding diaryl/α,β-unsaturated/α-hetero) is 1. The van der Waals surface area contributed by atoms with Crippen molar-refractivity contribution in [2.45, 2.75) is 45.1 Å². The van der Waals surface area contributed by atoms with Crippen LogP contribution in [0.2, 0.25) is 0 Å². The van der Waals surface area contributed by atoms with Gasteiger partial charge in [-0.3, -0.25) is 19.1 Å². The van der Waals surface area contributed by atoms with Gasteiger partial charge in [0.15, 0.2) is 5.78 Å². The second-order valence-corrected chi connectivity index (χ2v) is 6.45. The molecule has 0 spiro atoms. The summed E-state index contributed by atoms with van der Waals surface area (Å²) in [6, 6.07) is 1.10. The van der Waals surface area contributed by atoms with Gasteiger partial charge >= 0.3 is 5.69 Å². The molecule has 0 amide bonds. The fourth-order valence-corrected chi connectivity index (χ4v) is 2.65. The number of nitrogens with one attached hydrogen (secondary N) is 1. The van der Waals surface area contributed by atoms with Gasteiger partial charge in [0.25, 0.3) is 5.56 Å². The van der Waals surface area contributed by atoms with E-state index >= 15 is 0 Å². The SMILES string of the molecule is CC(C)(C)C(=O)[C@@]1(n2ccc(=O)[nH]c2=O)C[C@H](O)[C@@H](CO)O1. The fourth-order valence-electron chi connectivity index (χ4n) is 2.65. The van der Waals surface area contributed by atoms with Crippen LogP contribution >= 0.6 is 0 Å². The molecule has 1 aliphatic heterocycles. The Morgan fingerprint density at radius 2 is 2.14 bits per heavy atom. The minimum Gasteiger partial charge on any atom is -0.394 e. The maximum Gasteiger partial charge on any atom is 0.331 e. The molecule has 1 fully saturated rings. The molecule has 3 atom stereocenters. The summed E-state index contributed by atoms with van der Waals surface area (Å²) in [6.07, 6.45) is -1.10. The number of hydrogen-bond acceptors (Lipinski definition) is 6. The molecule has 1 aromatic heterocycles. The van der Waals surface area contributed by atoms with Gasteiger partial charge in [0.1, 0.15) is 6.10 Å². The zero-order valence-corrected chi connectivity index (χ0v) is 12.7. The zero-order valence-electron chi connectivity index (χ0n) is 12.7. The number of aliphatic hydroxyl groups excluding tert-OH is 2. The van der Waals surface area contributed by atoms with Crippen LogP contribution in [0.4, 0.5) is 0 Å². The number of carbonyl (C=O) groups excluding carboxylic acids is 1. The number of aliphatic hydroxyl groups is 2. The Balaban J connectivity index is 2.64. The molecule has 22 heavy (non-hydrogen) atoms. The van der Waals surface area contributed by atoms with Crippen molar-refractivity contribution in [1.29, 1.82) is 0 Å². The van der Waals surface area contributed by atoms with Crippen LogP contribution in [-0.4, -0.2) is 44.4 Å². The molecule has 0 saturated carbocycles. The maximum absolute atomic E-state index is 12.9. The third-order valence-electron chi connectivity index (χ3n) is 3.69. The van der Waals surface area contributed by atoms with Crippen LogP contribution in [0.5, 0.6) is 0 Å². The van der Waals surface area contributed by atoms with Gasteiger partial charge < -0.3 is 14.9 Å². The van der Waals surface area contributed by atoms with E-state index in [1.165, 1.54) is 0 Å². The normalized spacial score (nSPS) is 28.8. The molecule has 2 rings (SSSR count). The van der Waals surface area contributed by atoms with E-state index in [-0.39, 0.29) is 6.42 Å². The van der Waals surface area contributed by atoms with E-state index < -0.39 is 47.0 Å². The summed E-state index contributed by atoms with van der Waals surface area (Å²) >= 11 is 0. The van der Waals surface area contributed by atoms with Gasteiger partial charge in [0.2, 0.25) is 5.72 Å². The lowest BCUT2D eigenvalue weighted by Gasteiger charge is -2.34. The third-order valence-corrected chi connectivity index (χ3v) is 3.69. The molecule has 8 heteroatoms. The fraction of sp³-hybridized carbons (Fsp3) is 0.643. The van der Waals surface area contributed by atoms with E-state index in [0.717, 1.165) is 16.8 Å². The molecule has 0 radical (unpaired) electrons. The van der Waals surface area contributed by atoms with Gasteiger partial charge in [-0.25, -0.2) is 4.79 Å². The molecular formula is C14H20N2O6. The molecule has 1 aromatic rings. The largest absolute Gasteiger partial charge is 0.394 e. The summed E-state index contributed by atoms with van der Waals surface area (Å²) in [5, 5.41) is 19.3. The first-order valence-corrected chi connectivity index (χ1v) is 6.96. The van der Waals surface area contributed by atoms with Crippen molar-refractivity contribution < 1.29 is 19.7 Å². The minimum atomic E-state index is -1.76. The average molecular weight is 312 g/mol. The number of H-pyrrole nitrogens is 1. The standard InChI is InChI=1S/C14H20N2O6/c1-13(2,3)11(20)14(6-8(18)9(7-17)22-14)16-5-4-10(19)15-12(16)21/h4-5,8-9,17-18H,6-7H2,1-3H3,(H,15,19,21)/t8-,9+,14+/m0/s1. The van der Waals surface area contributed by atoms with Crippen molar-refractivity contribution in [2.24, 2.45) is 5.41 Å². The Hall–Kier alpha value is -1.77. The molecule has 2 heterocycles. The van der Waals surface area contributed by atoms with Gasteiger partial charge in [-0.05, 0) is 0 Å². The first kappa shape index (κ1) is 16.6. The van der Waals surface area contributed by atoms with Crippen molar-refractivity contribution in [3.05, 3.63) is 33.1 Å². The minimum absolute atomic E-state index is 0.180. The number of aromatic nitrogens is 2. The highest BCUT2D eigenvalue weighted by atomic mass is 16.6. The highest BCUT2D eigenvalue weighted by Crippen LogP contribution is 2.39. The average Bonchev–Trinajstić information content (AvgIpc) is 2.74. The van der Waals surface area contributed by atoms with Crippen molar-refractivity contribution in [3.8, 4) is 0 Å². The molecule has 0 aliphatic carbocycles. The lowest BCUT2D eigenvalue weighted by molar-refractivity contribution is -0.170. The number of ketones is 1. The number of carbonyl (C=O) groups is 1. The Morgan fingerprint density at radius 1 is 1.50 bits per heavy atom. The number of ether oxygens (including phenoxy) is 1. The Kier molecular flexibility index (Phi) is 4.12. The third kappa shape index (κ3) is 2.65. The molecule has 0 bridgehead atoms. The van der Waals surface area contributed by atoms with Crippen LogP contribution < -0.4 is 11.2 Å². The molecule has 8 nitrogen and oxygen atoms in total. The summed E-state index contributed by atoms with van der Waals surface area (Å²) in [4.78, 5) is 38.3. The second kappa shape index (κ2) is 5.45. The van der Waals surface area contributed by atoms with E-state index in [1.54, 1.807) is 20.8 Å². The first-order valence-electron chi connectivity index (χ1n) is 6.96. The highest BCUT2D eigenvalue weighted by molar-refractivity contribution is 5.90. The lowest BCUT2D eigenvalue weighted by atomic mass is 9.82. The van der Waals surface area contributed by atoms with Crippen molar-refractivity contribution in [3.63, 3.8) is 0 Å². The predicted molar refractivity (Wildman–Crippen MR) is 76.3 cm³/mol. The van der Waals surface area contributed by atoms with Crippen LogP contribution in [0.15, 0.2) is 21.9 Å². The number of hydrogen-bond donors (Lipinski definition) is 3. The summed E-state index contributed by atoms with van der Waals surface area (Å²) in [5.74, 6) is -0.427. The van der Waals surface area contributed by atoms with E-state index in [1.807, 2.05) is 0 Å². The van der Waals surface area contributed by atoms with Gasteiger partial charge in [0, 0.05) is 24.1 Å². The quantitative estimate of drug-likeness (QED) is 0.654. The summed E-state index contributed by atoms with van der Waals surface area (Å²) in [7, 11) is 0. The van der Waals surface area contributed by atoms with Gasteiger partial charge in [0.05, 0.1) is 12.7 Å². The van der Waals surface area contributed by atoms with Crippen molar-refractivity contribution in [1.82, 2.24) is 9.55 Å². The highest BCUT2D eigenvalue weighted by Gasteiger charge is 2.55. The van der Waals surface area contributed by atoms with Crippen LogP contribution in [0.25, 0.3) is 0 Å². The Bertz CT molecular complexity index is 686. The molecule has 3 N–H and O–H groups in total. The van der Waals surface area contributed by atoms with Crippen molar-refractivity contribution >= 4 is 5.78 Å². The van der Waals surface area contributed by atoms with Crippen LogP contribution in [-0.2, 0) is 15.3 Å². The van der Waals surface area contributed by atoms with E-state index in [2.05, 4.69) is 4.98 Å². The number of nitrogens with zero attached hydrogens (tertiary/aromatic N) is 1. The molecule has 122 valence electrons. The maximum atomic E-state index is 12.9. The van der Waals surface area contributed by atoms with Gasteiger partial charge in [-0.15, -0.1) is 0 Å². The molecule has 1 aliphatic rings. The monoisotopic (exact) mass is 312 g/mol. The second-order valence-electron chi connectivity index (χ2n) is 6.45. The zero-order chi connectivity index (χ0) is 16.7. The van der Waals surface area contributed by atoms with Crippen LogP contribution in [0.1, 0.15) is 27.2 Å². The molecule has 1 saturated heterocycles. The van der Waals surface area contributed by atoms with E-state index in [4.69, 9.17) is 4.74 Å². The summed E-state index contributed by atoms with van der Waals surface area (Å²) < 4.78 is 6.57. The topological polar surface area (TPSA) is 122 Å². The number of rotatable bonds is 3. The first-order chi connectivity index (χ1) is 10.1. The molecule has 0 unspecified atom stereocenters. The number of aromatic amines is 1. The Morgan fingerprint density at radius 3 is 2.59 bits per heavy atom. The smallest absolute Gasteiger partial charge is 0.331 e. The summed E-state index contributed by atoms with van der Waals surface area (Å²) in [6.45, 7) is 4.50. The van der Waals surface area contributed by atoms with Gasteiger partial charge in [-0.1, -0.05) is 20.8 Å². The predicted octanol–water partition coefficient (Wildman–Crippen LogP) is -1.05. The Labute approximate surface area is 126 Å². The van der Waals surface area contributed by atoms with E-state index in [0.29, 0.717) is 0 Å². The molecule has 0 aromatic carbocycles. The van der Waals surface area contributed by atoms with Crippen molar-refractivity contribution in [2.75, 3.05) is 6.61 Å². The van der Waals surface area contributed by atoms with Crippen LogP contribution in [0.3, 0.4) is 0 Å². The van der Waals surface area contributed by atoms with E-state index in [9.17, 15) is 24.6 Å². The van der Waals surface area contributed by atoms with Gasteiger partial charge in [-0.2, -0.15) is 0 Å². The lowest BCUT2D eigenvalue weighted by Crippen LogP contribution is -2.53. The summed E-state index contributed by atoms with van der Waals surface area (Å²) in [5.41, 5.74) is -4.03.